The van der Waals surface area contributed by atoms with Crippen molar-refractivity contribution in [1.82, 2.24) is 0 Å². The standard InChI is InChI=1S/C12H13NO4/c1-17-12(16)8-4-5-9(10(14)6-8)13-11(15)7-2-3-7/h4-7,14H,2-3H2,1H3,(H,13,15). The number of carbonyl (C=O) groups excluding carboxylic acids is 2. The molecule has 1 aromatic carbocycles. The average Bonchev–Trinajstić information content (AvgIpc) is 3.14. The molecular weight excluding hydrogens is 222 g/mol. The summed E-state index contributed by atoms with van der Waals surface area (Å²) in [6, 6.07) is 4.25. The predicted octanol–water partition coefficient (Wildman–Crippen LogP) is 1.53. The van der Waals surface area contributed by atoms with Gasteiger partial charge >= 0.3 is 5.97 Å². The van der Waals surface area contributed by atoms with Crippen LogP contribution in [0.15, 0.2) is 18.2 Å². The number of ether oxygens (including phenoxy) is 1. The van der Waals surface area contributed by atoms with Crippen molar-refractivity contribution in [1.29, 1.82) is 0 Å². The lowest BCUT2D eigenvalue weighted by Gasteiger charge is -2.07. The van der Waals surface area contributed by atoms with E-state index in [0.29, 0.717) is 5.69 Å². The van der Waals surface area contributed by atoms with Gasteiger partial charge in [-0.2, -0.15) is 0 Å². The maximum atomic E-state index is 11.5. The second kappa shape index (κ2) is 4.45. The first-order chi connectivity index (χ1) is 8.11. The molecule has 0 radical (unpaired) electrons. The average molecular weight is 235 g/mol. The fourth-order valence-corrected chi connectivity index (χ4v) is 1.46. The Morgan fingerprint density at radius 3 is 2.65 bits per heavy atom. The number of hydrogen-bond donors (Lipinski definition) is 2. The molecular formula is C12H13NO4. The lowest BCUT2D eigenvalue weighted by molar-refractivity contribution is -0.117. The van der Waals surface area contributed by atoms with Crippen molar-refractivity contribution in [2.45, 2.75) is 12.8 Å². The molecule has 1 aliphatic rings. The Labute approximate surface area is 98.4 Å². The largest absolute Gasteiger partial charge is 0.506 e. The van der Waals surface area contributed by atoms with Crippen LogP contribution in [-0.2, 0) is 9.53 Å². The maximum absolute atomic E-state index is 11.5. The second-order valence-electron chi connectivity index (χ2n) is 3.99. The molecule has 1 saturated carbocycles. The molecule has 2 N–H and O–H groups in total. The SMILES string of the molecule is COC(=O)c1ccc(NC(=O)C2CC2)c(O)c1. The van der Waals surface area contributed by atoms with Gasteiger partial charge in [0.25, 0.3) is 0 Å². The van der Waals surface area contributed by atoms with Crippen LogP contribution in [0.25, 0.3) is 0 Å². The van der Waals surface area contributed by atoms with E-state index in [-0.39, 0.29) is 23.1 Å². The number of benzene rings is 1. The van der Waals surface area contributed by atoms with Crippen LogP contribution in [0.5, 0.6) is 5.75 Å². The Morgan fingerprint density at radius 1 is 1.41 bits per heavy atom. The number of phenols is 1. The number of amides is 1. The van der Waals surface area contributed by atoms with Crippen molar-refractivity contribution < 1.29 is 19.4 Å². The molecule has 1 aliphatic carbocycles. The molecule has 5 heteroatoms. The van der Waals surface area contributed by atoms with Crippen molar-refractivity contribution in [3.05, 3.63) is 23.8 Å². The molecule has 0 aromatic heterocycles. The zero-order valence-corrected chi connectivity index (χ0v) is 9.40. The van der Waals surface area contributed by atoms with Gasteiger partial charge < -0.3 is 15.2 Å². The molecule has 0 spiro atoms. The Hall–Kier alpha value is -2.04. The van der Waals surface area contributed by atoms with E-state index in [4.69, 9.17) is 0 Å². The molecule has 17 heavy (non-hydrogen) atoms. The van der Waals surface area contributed by atoms with Crippen molar-refractivity contribution in [3.8, 4) is 5.75 Å². The van der Waals surface area contributed by atoms with E-state index in [2.05, 4.69) is 10.1 Å². The summed E-state index contributed by atoms with van der Waals surface area (Å²) in [6.45, 7) is 0. The number of rotatable bonds is 3. The van der Waals surface area contributed by atoms with Gasteiger partial charge in [-0.15, -0.1) is 0 Å². The van der Waals surface area contributed by atoms with Gasteiger partial charge in [-0.3, -0.25) is 4.79 Å². The van der Waals surface area contributed by atoms with Gasteiger partial charge in [0.2, 0.25) is 5.91 Å². The Kier molecular flexibility index (Phi) is 2.99. The van der Waals surface area contributed by atoms with Gasteiger partial charge in [0.15, 0.2) is 0 Å². The van der Waals surface area contributed by atoms with Gasteiger partial charge in [-0.1, -0.05) is 0 Å². The monoisotopic (exact) mass is 235 g/mol. The van der Waals surface area contributed by atoms with Crippen LogP contribution in [0.4, 0.5) is 5.69 Å². The lowest BCUT2D eigenvalue weighted by Crippen LogP contribution is -2.13. The lowest BCUT2D eigenvalue weighted by atomic mass is 10.2. The predicted molar refractivity (Wildman–Crippen MR) is 60.8 cm³/mol. The summed E-state index contributed by atoms with van der Waals surface area (Å²) >= 11 is 0. The van der Waals surface area contributed by atoms with Crippen LogP contribution in [-0.4, -0.2) is 24.1 Å². The van der Waals surface area contributed by atoms with Gasteiger partial charge in [-0.05, 0) is 31.0 Å². The smallest absolute Gasteiger partial charge is 0.337 e. The summed E-state index contributed by atoms with van der Waals surface area (Å²) < 4.78 is 4.52. The van der Waals surface area contributed by atoms with Crippen LogP contribution < -0.4 is 5.32 Å². The summed E-state index contributed by atoms with van der Waals surface area (Å²) in [6.07, 6.45) is 1.79. The molecule has 1 aromatic rings. The van der Waals surface area contributed by atoms with Crippen molar-refractivity contribution in [2.24, 2.45) is 5.92 Å². The number of hydrogen-bond acceptors (Lipinski definition) is 4. The number of nitrogens with one attached hydrogen (secondary N) is 1. The molecule has 0 heterocycles. The number of aromatic hydroxyl groups is 1. The molecule has 1 fully saturated rings. The summed E-state index contributed by atoms with van der Waals surface area (Å²) in [5.74, 6) is -0.692. The third kappa shape index (κ3) is 2.55. The molecule has 0 saturated heterocycles. The zero-order chi connectivity index (χ0) is 12.4. The number of carbonyl (C=O) groups is 2. The minimum atomic E-state index is -0.527. The van der Waals surface area contributed by atoms with E-state index in [1.54, 1.807) is 0 Å². The Bertz CT molecular complexity index is 466. The first-order valence-electron chi connectivity index (χ1n) is 5.34. The second-order valence-corrected chi connectivity index (χ2v) is 3.99. The zero-order valence-electron chi connectivity index (χ0n) is 9.40. The van der Waals surface area contributed by atoms with Crippen LogP contribution in [0.2, 0.25) is 0 Å². The quantitative estimate of drug-likeness (QED) is 0.615. The van der Waals surface area contributed by atoms with E-state index >= 15 is 0 Å². The minimum Gasteiger partial charge on any atom is -0.506 e. The number of anilines is 1. The van der Waals surface area contributed by atoms with E-state index in [0.717, 1.165) is 12.8 Å². The molecule has 0 atom stereocenters. The summed E-state index contributed by atoms with van der Waals surface area (Å²) in [7, 11) is 1.27. The number of esters is 1. The van der Waals surface area contributed by atoms with Crippen LogP contribution in [0.1, 0.15) is 23.2 Å². The van der Waals surface area contributed by atoms with E-state index < -0.39 is 5.97 Å². The minimum absolute atomic E-state index is 0.0645. The molecule has 1 amide bonds. The molecule has 5 nitrogen and oxygen atoms in total. The summed E-state index contributed by atoms with van der Waals surface area (Å²) in [4.78, 5) is 22.7. The first kappa shape index (κ1) is 11.4. The van der Waals surface area contributed by atoms with Crippen LogP contribution in [0.3, 0.4) is 0 Å². The van der Waals surface area contributed by atoms with Crippen LogP contribution >= 0.6 is 0 Å². The molecule has 0 aliphatic heterocycles. The molecule has 0 bridgehead atoms. The summed E-state index contributed by atoms with van der Waals surface area (Å²) in [5.41, 5.74) is 0.559. The highest BCUT2D eigenvalue weighted by Crippen LogP contribution is 2.32. The third-order valence-corrected chi connectivity index (χ3v) is 2.62. The Morgan fingerprint density at radius 2 is 2.12 bits per heavy atom. The van der Waals surface area contributed by atoms with E-state index in [9.17, 15) is 14.7 Å². The molecule has 0 unspecified atom stereocenters. The fourth-order valence-electron chi connectivity index (χ4n) is 1.46. The third-order valence-electron chi connectivity index (χ3n) is 2.62. The van der Waals surface area contributed by atoms with Gasteiger partial charge in [0.05, 0.1) is 18.4 Å². The first-order valence-corrected chi connectivity index (χ1v) is 5.34. The van der Waals surface area contributed by atoms with E-state index in [1.165, 1.54) is 25.3 Å². The van der Waals surface area contributed by atoms with Crippen LogP contribution in [0, 0.1) is 5.92 Å². The Balaban J connectivity index is 2.13. The topological polar surface area (TPSA) is 75.6 Å². The maximum Gasteiger partial charge on any atom is 0.337 e. The van der Waals surface area contributed by atoms with Gasteiger partial charge in [-0.25, -0.2) is 4.79 Å². The highest BCUT2D eigenvalue weighted by molar-refractivity contribution is 5.96. The normalized spacial score (nSPS) is 14.2. The van der Waals surface area contributed by atoms with Gasteiger partial charge in [0, 0.05) is 5.92 Å². The fraction of sp³-hybridized carbons (Fsp3) is 0.333. The number of phenolic OH excluding ortho intramolecular Hbond substituents is 1. The molecule has 2 rings (SSSR count). The van der Waals surface area contributed by atoms with Crippen molar-refractivity contribution in [2.75, 3.05) is 12.4 Å². The summed E-state index contributed by atoms with van der Waals surface area (Å²) in [5, 5.41) is 12.3. The number of methoxy groups -OCH3 is 1. The van der Waals surface area contributed by atoms with Crippen molar-refractivity contribution in [3.63, 3.8) is 0 Å². The highest BCUT2D eigenvalue weighted by atomic mass is 16.5. The van der Waals surface area contributed by atoms with Crippen molar-refractivity contribution >= 4 is 17.6 Å². The van der Waals surface area contributed by atoms with Gasteiger partial charge in [0.1, 0.15) is 5.75 Å². The van der Waals surface area contributed by atoms with E-state index in [1.807, 2.05) is 0 Å². The highest BCUT2D eigenvalue weighted by Gasteiger charge is 2.30. The molecule has 90 valence electrons.